The zero-order valence-corrected chi connectivity index (χ0v) is 16.5. The Kier molecular flexibility index (Phi) is 6.77. The van der Waals surface area contributed by atoms with Crippen LogP contribution in [0.1, 0.15) is 24.2 Å². The van der Waals surface area contributed by atoms with E-state index in [4.69, 9.17) is 35.3 Å². The Morgan fingerprint density at radius 1 is 1.29 bits per heavy atom. The van der Waals surface area contributed by atoms with Crippen molar-refractivity contribution >= 4 is 28.5 Å². The molecule has 1 atom stereocenters. The Balaban J connectivity index is 1.89. The first-order valence-electron chi connectivity index (χ1n) is 9.06. The summed E-state index contributed by atoms with van der Waals surface area (Å²) in [5, 5.41) is 0.235. The molecule has 0 bridgehead atoms. The number of ether oxygens (including phenoxy) is 5. The van der Waals surface area contributed by atoms with Crippen molar-refractivity contribution < 1.29 is 28.5 Å². The third-order valence-electron chi connectivity index (χ3n) is 4.13. The first kappa shape index (κ1) is 20.4. The number of aromatic amines is 1. The molecule has 1 N–H and O–H groups in total. The molecule has 0 saturated heterocycles. The molecule has 1 unspecified atom stereocenters. The highest BCUT2D eigenvalue weighted by Gasteiger charge is 2.27. The van der Waals surface area contributed by atoms with Crippen LogP contribution in [0.25, 0.3) is 10.9 Å². The number of pyridine rings is 1. The quantitative estimate of drug-likeness (QED) is 0.526. The lowest BCUT2D eigenvalue weighted by molar-refractivity contribution is 0.0130. The largest absolute Gasteiger partial charge is 0.484 e. The van der Waals surface area contributed by atoms with Crippen molar-refractivity contribution in [2.45, 2.75) is 20.0 Å². The second-order valence-electron chi connectivity index (χ2n) is 6.02. The summed E-state index contributed by atoms with van der Waals surface area (Å²) < 4.78 is 27.1. The first-order chi connectivity index (χ1) is 13.6. The average Bonchev–Trinajstić information content (AvgIpc) is 2.69. The first-order valence-corrected chi connectivity index (χ1v) is 9.44. The van der Waals surface area contributed by atoms with Crippen LogP contribution < -0.4 is 14.9 Å². The molecule has 2 aromatic rings. The SMILES string of the molecule is CCOCCOC(=O)c1c[nH]c2cc3c(c(Cl)c2c1=O)OCC(COCC)O3. The summed E-state index contributed by atoms with van der Waals surface area (Å²) in [5.41, 5.74) is -0.250. The fourth-order valence-corrected chi connectivity index (χ4v) is 3.14. The third-order valence-corrected chi connectivity index (χ3v) is 4.49. The summed E-state index contributed by atoms with van der Waals surface area (Å²) in [4.78, 5) is 27.9. The van der Waals surface area contributed by atoms with Gasteiger partial charge in [0.2, 0.25) is 5.43 Å². The molecule has 0 radical (unpaired) electrons. The topological polar surface area (TPSA) is 96.1 Å². The van der Waals surface area contributed by atoms with Gasteiger partial charge in [-0.05, 0) is 13.8 Å². The number of carbonyl (C=O) groups excluding carboxylic acids is 1. The minimum absolute atomic E-state index is 0.0558. The van der Waals surface area contributed by atoms with Gasteiger partial charge in [0, 0.05) is 25.5 Å². The van der Waals surface area contributed by atoms with Crippen LogP contribution >= 0.6 is 11.6 Å². The Hall–Kier alpha value is -2.29. The molecule has 0 aliphatic carbocycles. The highest BCUT2D eigenvalue weighted by molar-refractivity contribution is 6.37. The summed E-state index contributed by atoms with van der Waals surface area (Å²) in [6.45, 7) is 5.76. The summed E-state index contributed by atoms with van der Waals surface area (Å²) in [6.07, 6.45) is 1.03. The molecule has 2 heterocycles. The zero-order chi connectivity index (χ0) is 20.1. The Morgan fingerprint density at radius 2 is 2.07 bits per heavy atom. The molecule has 1 aliphatic heterocycles. The molecule has 8 nitrogen and oxygen atoms in total. The van der Waals surface area contributed by atoms with Gasteiger partial charge in [0.05, 0.1) is 29.1 Å². The van der Waals surface area contributed by atoms with Crippen LogP contribution in [0.15, 0.2) is 17.1 Å². The van der Waals surface area contributed by atoms with E-state index in [1.165, 1.54) is 6.20 Å². The summed E-state index contributed by atoms with van der Waals surface area (Å²) in [6, 6.07) is 1.63. The minimum atomic E-state index is -0.745. The maximum absolute atomic E-state index is 12.8. The fraction of sp³-hybridized carbons (Fsp3) is 0.474. The minimum Gasteiger partial charge on any atom is -0.484 e. The van der Waals surface area contributed by atoms with Crippen molar-refractivity contribution in [1.82, 2.24) is 4.98 Å². The van der Waals surface area contributed by atoms with Crippen LogP contribution in [0.4, 0.5) is 0 Å². The van der Waals surface area contributed by atoms with E-state index in [1.54, 1.807) is 6.07 Å². The van der Waals surface area contributed by atoms with E-state index in [2.05, 4.69) is 4.98 Å². The fourth-order valence-electron chi connectivity index (χ4n) is 2.81. The lowest BCUT2D eigenvalue weighted by Crippen LogP contribution is -2.33. The van der Waals surface area contributed by atoms with Crippen LogP contribution in [0.3, 0.4) is 0 Å². The van der Waals surface area contributed by atoms with E-state index in [0.29, 0.717) is 31.1 Å². The lowest BCUT2D eigenvalue weighted by atomic mass is 10.1. The predicted molar refractivity (Wildman–Crippen MR) is 103 cm³/mol. The molecule has 0 fully saturated rings. The van der Waals surface area contributed by atoms with Gasteiger partial charge in [-0.25, -0.2) is 4.79 Å². The van der Waals surface area contributed by atoms with Crippen LogP contribution in [0, 0.1) is 0 Å². The maximum Gasteiger partial charge on any atom is 0.343 e. The van der Waals surface area contributed by atoms with Crippen molar-refractivity contribution in [3.63, 3.8) is 0 Å². The molecular weight excluding hydrogens is 390 g/mol. The average molecular weight is 412 g/mol. The Morgan fingerprint density at radius 3 is 2.82 bits per heavy atom. The van der Waals surface area contributed by atoms with E-state index in [-0.39, 0.29) is 47.6 Å². The number of carbonyl (C=O) groups is 1. The molecule has 0 saturated carbocycles. The summed E-state index contributed by atoms with van der Waals surface area (Å²) in [5.74, 6) is -0.0593. The van der Waals surface area contributed by atoms with Crippen LogP contribution in [-0.2, 0) is 14.2 Å². The van der Waals surface area contributed by atoms with Crippen LogP contribution in [-0.4, -0.2) is 56.7 Å². The number of rotatable bonds is 8. The van der Waals surface area contributed by atoms with Gasteiger partial charge in [0.1, 0.15) is 18.8 Å². The summed E-state index contributed by atoms with van der Waals surface area (Å²) >= 11 is 6.41. The maximum atomic E-state index is 12.8. The predicted octanol–water partition coefficient (Wildman–Crippen LogP) is 2.55. The van der Waals surface area contributed by atoms with Gasteiger partial charge in [-0.15, -0.1) is 0 Å². The molecule has 9 heteroatoms. The smallest absolute Gasteiger partial charge is 0.343 e. The highest BCUT2D eigenvalue weighted by atomic mass is 35.5. The number of H-pyrrole nitrogens is 1. The van der Waals surface area contributed by atoms with Gasteiger partial charge in [-0.2, -0.15) is 0 Å². The van der Waals surface area contributed by atoms with Crippen molar-refractivity contribution in [3.8, 4) is 11.5 Å². The molecular formula is C19H22ClNO7. The highest BCUT2D eigenvalue weighted by Crippen LogP contribution is 2.42. The van der Waals surface area contributed by atoms with Gasteiger partial charge in [0.15, 0.2) is 17.6 Å². The molecule has 0 amide bonds. The molecule has 28 heavy (non-hydrogen) atoms. The van der Waals surface area contributed by atoms with Gasteiger partial charge in [-0.1, -0.05) is 11.6 Å². The molecule has 1 aromatic heterocycles. The number of hydrogen-bond donors (Lipinski definition) is 1. The number of nitrogens with one attached hydrogen (secondary N) is 1. The van der Waals surface area contributed by atoms with Crippen molar-refractivity contribution in [2.24, 2.45) is 0 Å². The molecule has 1 aliphatic rings. The number of halogens is 1. The zero-order valence-electron chi connectivity index (χ0n) is 15.7. The van der Waals surface area contributed by atoms with E-state index in [1.807, 2.05) is 13.8 Å². The van der Waals surface area contributed by atoms with E-state index < -0.39 is 11.4 Å². The lowest BCUT2D eigenvalue weighted by Gasteiger charge is -2.27. The number of aromatic nitrogens is 1. The molecule has 152 valence electrons. The van der Waals surface area contributed by atoms with Gasteiger partial charge >= 0.3 is 5.97 Å². The van der Waals surface area contributed by atoms with E-state index in [0.717, 1.165) is 0 Å². The second kappa shape index (κ2) is 9.27. The number of esters is 1. The van der Waals surface area contributed by atoms with Gasteiger partial charge in [0.25, 0.3) is 0 Å². The van der Waals surface area contributed by atoms with Crippen LogP contribution in [0.2, 0.25) is 5.02 Å². The molecule has 3 rings (SSSR count). The number of hydrogen-bond acceptors (Lipinski definition) is 7. The Labute approximate surface area is 166 Å². The van der Waals surface area contributed by atoms with Crippen molar-refractivity contribution in [3.05, 3.63) is 33.1 Å². The molecule has 1 aromatic carbocycles. The van der Waals surface area contributed by atoms with E-state index in [9.17, 15) is 9.59 Å². The second-order valence-corrected chi connectivity index (χ2v) is 6.39. The van der Waals surface area contributed by atoms with Gasteiger partial charge < -0.3 is 28.7 Å². The Bertz CT molecular complexity index is 911. The van der Waals surface area contributed by atoms with Gasteiger partial charge in [-0.3, -0.25) is 4.79 Å². The number of fused-ring (bicyclic) bond motifs is 2. The van der Waals surface area contributed by atoms with Crippen molar-refractivity contribution in [1.29, 1.82) is 0 Å². The standard InChI is InChI=1S/C19H22ClNO7/c1-3-24-5-6-26-19(23)12-8-21-13-7-14-18(16(20)15(13)17(12)22)27-10-11(28-14)9-25-4-2/h7-8,11H,3-6,9-10H2,1-2H3,(H,21,22). The normalized spacial score (nSPS) is 15.6. The molecule has 0 spiro atoms. The number of benzene rings is 1. The monoisotopic (exact) mass is 411 g/mol. The summed E-state index contributed by atoms with van der Waals surface area (Å²) in [7, 11) is 0. The third kappa shape index (κ3) is 4.24. The van der Waals surface area contributed by atoms with Crippen molar-refractivity contribution in [2.75, 3.05) is 39.6 Å². The van der Waals surface area contributed by atoms with E-state index >= 15 is 0 Å². The van der Waals surface area contributed by atoms with Crippen LogP contribution in [0.5, 0.6) is 11.5 Å².